The van der Waals surface area contributed by atoms with Gasteiger partial charge in [-0.25, -0.2) is 4.79 Å². The summed E-state index contributed by atoms with van der Waals surface area (Å²) in [6, 6.07) is 0. The van der Waals surface area contributed by atoms with E-state index in [1.165, 1.54) is 13.0 Å². The Morgan fingerprint density at radius 3 is 2.58 bits per heavy atom. The molecule has 4 aliphatic carbocycles. The van der Waals surface area contributed by atoms with Gasteiger partial charge in [-0.1, -0.05) is 6.92 Å². The molecule has 0 aromatic rings. The second kappa shape index (κ2) is 6.90. The van der Waals surface area contributed by atoms with E-state index in [1.807, 2.05) is 6.92 Å². The Labute approximate surface area is 183 Å². The van der Waals surface area contributed by atoms with E-state index < -0.39 is 11.0 Å². The molecule has 1 aliphatic heterocycles. The molecule has 2 unspecified atom stereocenters. The number of cyclic esters (lactones) is 1. The largest absolute Gasteiger partial charge is 0.463 e. The first-order chi connectivity index (χ1) is 14.6. The van der Waals surface area contributed by atoms with Gasteiger partial charge < -0.3 is 14.6 Å². The molecule has 0 saturated heterocycles. The molecule has 0 aromatic heterocycles. The van der Waals surface area contributed by atoms with Gasteiger partial charge in [0.15, 0.2) is 0 Å². The van der Waals surface area contributed by atoms with Crippen LogP contribution in [0.15, 0.2) is 11.6 Å². The van der Waals surface area contributed by atoms with Gasteiger partial charge in [-0.15, -0.1) is 0 Å². The van der Waals surface area contributed by atoms with Gasteiger partial charge in [0.25, 0.3) is 0 Å². The van der Waals surface area contributed by atoms with E-state index in [-0.39, 0.29) is 53.6 Å². The molecule has 0 radical (unpaired) electrons. The summed E-state index contributed by atoms with van der Waals surface area (Å²) in [6.45, 7) is 5.96. The molecule has 8 atom stereocenters. The van der Waals surface area contributed by atoms with Crippen molar-refractivity contribution in [2.45, 2.75) is 83.8 Å². The summed E-state index contributed by atoms with van der Waals surface area (Å²) in [5.41, 5.74) is -1.04. The molecule has 31 heavy (non-hydrogen) atoms. The van der Waals surface area contributed by atoms with E-state index >= 15 is 0 Å². The number of hydrogen-bond acceptors (Lipinski definition) is 6. The lowest BCUT2D eigenvalue weighted by molar-refractivity contribution is -0.206. The summed E-state index contributed by atoms with van der Waals surface area (Å²) in [5, 5.41) is 12.2. The minimum atomic E-state index is -1.04. The van der Waals surface area contributed by atoms with E-state index in [4.69, 9.17) is 9.47 Å². The van der Waals surface area contributed by atoms with Crippen molar-refractivity contribution in [2.24, 2.45) is 34.5 Å². The van der Waals surface area contributed by atoms with Crippen LogP contribution in [0.2, 0.25) is 0 Å². The van der Waals surface area contributed by atoms with Gasteiger partial charge in [-0.3, -0.25) is 9.59 Å². The van der Waals surface area contributed by atoms with E-state index in [9.17, 15) is 19.5 Å². The summed E-state index contributed by atoms with van der Waals surface area (Å²) in [5.74, 6) is 0.113. The van der Waals surface area contributed by atoms with Crippen molar-refractivity contribution in [1.29, 1.82) is 0 Å². The lowest BCUT2D eigenvalue weighted by Crippen LogP contribution is -2.65. The Morgan fingerprint density at radius 2 is 1.90 bits per heavy atom. The standard InChI is InChI=1S/C25H34O6/c1-14(26)31-17-6-8-23(2)16(11-17)4-5-19-20(23)12-21(27)24(3)18(7-9-25(19,24)29)15-10-22(28)30-13-15/h10,16-20,29H,4-9,11-13H2,1-3H3/t16-,17+,18-,19?,20?,23+,24+,25+/m1/s1. The molecule has 170 valence electrons. The number of fused-ring (bicyclic) bond motifs is 5. The molecule has 6 heteroatoms. The third-order valence-corrected chi connectivity index (χ3v) is 10.1. The number of esters is 2. The highest BCUT2D eigenvalue weighted by Gasteiger charge is 2.71. The van der Waals surface area contributed by atoms with Gasteiger partial charge in [-0.2, -0.15) is 0 Å². The number of ether oxygens (including phenoxy) is 2. The highest BCUT2D eigenvalue weighted by Crippen LogP contribution is 2.68. The quantitative estimate of drug-likeness (QED) is 0.676. The fraction of sp³-hybridized carbons (Fsp3) is 0.800. The fourth-order valence-corrected chi connectivity index (χ4v) is 8.43. The molecule has 5 rings (SSSR count). The van der Waals surface area contributed by atoms with Crippen LogP contribution in [0.4, 0.5) is 0 Å². The summed E-state index contributed by atoms with van der Waals surface area (Å²) >= 11 is 0. The van der Waals surface area contributed by atoms with E-state index in [0.717, 1.165) is 44.1 Å². The Balaban J connectivity index is 1.45. The molecule has 6 nitrogen and oxygen atoms in total. The topological polar surface area (TPSA) is 89.9 Å². The smallest absolute Gasteiger partial charge is 0.331 e. The number of hydrogen-bond donors (Lipinski definition) is 1. The summed E-state index contributed by atoms with van der Waals surface area (Å²) < 4.78 is 10.7. The number of aliphatic hydroxyl groups is 1. The zero-order valence-electron chi connectivity index (χ0n) is 18.8. The maximum absolute atomic E-state index is 13.8. The van der Waals surface area contributed by atoms with Crippen LogP contribution >= 0.6 is 0 Å². The van der Waals surface area contributed by atoms with Crippen LogP contribution in [-0.2, 0) is 23.9 Å². The molecular weight excluding hydrogens is 396 g/mol. The summed E-state index contributed by atoms with van der Waals surface area (Å²) in [6.07, 6.45) is 7.84. The molecule has 0 bridgehead atoms. The van der Waals surface area contributed by atoms with Crippen molar-refractivity contribution in [3.8, 4) is 0 Å². The van der Waals surface area contributed by atoms with Gasteiger partial charge in [0.1, 0.15) is 18.5 Å². The average Bonchev–Trinajstić information content (AvgIpc) is 3.24. The van der Waals surface area contributed by atoms with Crippen molar-refractivity contribution < 1.29 is 29.0 Å². The lowest BCUT2D eigenvalue weighted by atomic mass is 9.43. The van der Waals surface area contributed by atoms with Crippen LogP contribution in [0.1, 0.15) is 72.1 Å². The Kier molecular flexibility index (Phi) is 4.71. The van der Waals surface area contributed by atoms with Crippen molar-refractivity contribution in [1.82, 2.24) is 0 Å². The van der Waals surface area contributed by atoms with Crippen LogP contribution in [0.3, 0.4) is 0 Å². The third-order valence-electron chi connectivity index (χ3n) is 10.1. The van der Waals surface area contributed by atoms with Crippen molar-refractivity contribution >= 4 is 17.7 Å². The first-order valence-electron chi connectivity index (χ1n) is 11.9. The molecule has 0 spiro atoms. The zero-order valence-corrected chi connectivity index (χ0v) is 18.8. The predicted octanol–water partition coefficient (Wildman–Crippen LogP) is 3.35. The lowest BCUT2D eigenvalue weighted by Gasteiger charge is -2.62. The maximum atomic E-state index is 13.8. The maximum Gasteiger partial charge on any atom is 0.331 e. The van der Waals surface area contributed by atoms with E-state index in [0.29, 0.717) is 18.8 Å². The Morgan fingerprint density at radius 1 is 1.13 bits per heavy atom. The molecule has 4 fully saturated rings. The van der Waals surface area contributed by atoms with Crippen LogP contribution in [0, 0.1) is 34.5 Å². The SMILES string of the molecule is CC(=O)O[C@H]1CC[C@]2(C)C3CC(=O)[C@]4(C)[C@@H](C5=CC(=O)OC5)CC[C@]4(O)C3CC[C@@H]2C1. The van der Waals surface area contributed by atoms with E-state index in [1.54, 1.807) is 0 Å². The van der Waals surface area contributed by atoms with Gasteiger partial charge >= 0.3 is 11.9 Å². The second-order valence-electron chi connectivity index (χ2n) is 11.2. The summed E-state index contributed by atoms with van der Waals surface area (Å²) in [4.78, 5) is 36.9. The van der Waals surface area contributed by atoms with Crippen LogP contribution in [0.5, 0.6) is 0 Å². The number of ketones is 1. The van der Waals surface area contributed by atoms with Crippen LogP contribution in [-0.4, -0.2) is 41.1 Å². The molecular formula is C25H34O6. The molecule has 5 aliphatic rings. The minimum Gasteiger partial charge on any atom is -0.463 e. The number of Topliss-reactive ketones (excluding diaryl/α,β-unsaturated/α-hetero) is 1. The van der Waals surface area contributed by atoms with Crippen LogP contribution < -0.4 is 0 Å². The minimum absolute atomic E-state index is 0.0178. The number of carbonyl (C=O) groups is 3. The van der Waals surface area contributed by atoms with Crippen molar-refractivity contribution in [2.75, 3.05) is 6.61 Å². The monoisotopic (exact) mass is 430 g/mol. The highest BCUT2D eigenvalue weighted by molar-refractivity contribution is 5.90. The molecule has 1 heterocycles. The number of rotatable bonds is 2. The Hall–Kier alpha value is -1.69. The molecule has 0 aromatic carbocycles. The summed E-state index contributed by atoms with van der Waals surface area (Å²) in [7, 11) is 0. The normalized spacial score (nSPS) is 48.9. The Bertz CT molecular complexity index is 862. The predicted molar refractivity (Wildman–Crippen MR) is 112 cm³/mol. The van der Waals surface area contributed by atoms with Crippen molar-refractivity contribution in [3.63, 3.8) is 0 Å². The second-order valence-corrected chi connectivity index (χ2v) is 11.2. The zero-order chi connectivity index (χ0) is 22.2. The molecule has 4 saturated carbocycles. The highest BCUT2D eigenvalue weighted by atomic mass is 16.5. The fourth-order valence-electron chi connectivity index (χ4n) is 8.43. The number of carbonyl (C=O) groups excluding carboxylic acids is 3. The van der Waals surface area contributed by atoms with Gasteiger partial charge in [-0.05, 0) is 86.5 Å². The molecule has 0 amide bonds. The van der Waals surface area contributed by atoms with Gasteiger partial charge in [0.05, 0.1) is 11.0 Å². The first kappa shape index (κ1) is 21.2. The van der Waals surface area contributed by atoms with E-state index in [2.05, 4.69) is 6.92 Å². The average molecular weight is 431 g/mol. The van der Waals surface area contributed by atoms with Gasteiger partial charge in [0, 0.05) is 19.4 Å². The van der Waals surface area contributed by atoms with Crippen molar-refractivity contribution in [3.05, 3.63) is 11.6 Å². The third kappa shape index (κ3) is 2.82. The van der Waals surface area contributed by atoms with Gasteiger partial charge in [0.2, 0.25) is 0 Å². The molecule has 1 N–H and O–H groups in total. The first-order valence-corrected chi connectivity index (χ1v) is 11.9. The van der Waals surface area contributed by atoms with Crippen LogP contribution in [0.25, 0.3) is 0 Å².